The lowest BCUT2D eigenvalue weighted by Gasteiger charge is -2.33. The quantitative estimate of drug-likeness (QED) is 0.766. The van der Waals surface area contributed by atoms with Crippen molar-refractivity contribution in [2.45, 2.75) is 30.5 Å². The van der Waals surface area contributed by atoms with Crippen LogP contribution in [0.1, 0.15) is 25.8 Å². The number of benzene rings is 1. The molecular formula is C14H18OS. The van der Waals surface area contributed by atoms with Gasteiger partial charge in [-0.15, -0.1) is 11.8 Å². The van der Waals surface area contributed by atoms with Crippen molar-refractivity contribution in [3.63, 3.8) is 0 Å². The second-order valence-corrected chi connectivity index (χ2v) is 6.44. The molecule has 0 radical (unpaired) electrons. The molecule has 1 fully saturated rings. The van der Waals surface area contributed by atoms with Crippen molar-refractivity contribution >= 4 is 17.8 Å². The van der Waals surface area contributed by atoms with Crippen LogP contribution < -0.4 is 0 Å². The third kappa shape index (κ3) is 3.39. The highest BCUT2D eigenvalue weighted by Gasteiger charge is 2.27. The Morgan fingerprint density at radius 2 is 2.06 bits per heavy atom. The molecule has 1 aliphatic heterocycles. The van der Waals surface area contributed by atoms with Crippen molar-refractivity contribution in [3.8, 4) is 0 Å². The normalized spacial score (nSPS) is 24.8. The van der Waals surface area contributed by atoms with Crippen molar-refractivity contribution in [2.24, 2.45) is 0 Å². The first-order valence-corrected chi connectivity index (χ1v) is 6.56. The maximum Gasteiger partial charge on any atom is 0.122 e. The molecule has 1 heterocycles. The zero-order chi connectivity index (χ0) is 11.4. The predicted molar refractivity (Wildman–Crippen MR) is 71.5 cm³/mol. The number of hydrogen-bond acceptors (Lipinski definition) is 2. The summed E-state index contributed by atoms with van der Waals surface area (Å²) in [6, 6.07) is 10.4. The van der Waals surface area contributed by atoms with Gasteiger partial charge in [-0.25, -0.2) is 0 Å². The van der Waals surface area contributed by atoms with Gasteiger partial charge in [-0.3, -0.25) is 0 Å². The topological polar surface area (TPSA) is 9.23 Å². The van der Waals surface area contributed by atoms with Crippen LogP contribution in [0.3, 0.4) is 0 Å². The molecule has 1 aromatic rings. The smallest absolute Gasteiger partial charge is 0.122 e. The van der Waals surface area contributed by atoms with Gasteiger partial charge in [-0.2, -0.15) is 0 Å². The summed E-state index contributed by atoms with van der Waals surface area (Å²) in [5.41, 5.74) is 1.43. The third-order valence-corrected chi connectivity index (χ3v) is 4.03. The van der Waals surface area contributed by atoms with Gasteiger partial charge < -0.3 is 4.74 Å². The van der Waals surface area contributed by atoms with Crippen LogP contribution in [0.5, 0.6) is 0 Å². The fourth-order valence-electron chi connectivity index (χ4n) is 1.68. The van der Waals surface area contributed by atoms with Crippen molar-refractivity contribution in [3.05, 3.63) is 42.0 Å². The van der Waals surface area contributed by atoms with Gasteiger partial charge >= 0.3 is 0 Å². The van der Waals surface area contributed by atoms with Crippen LogP contribution in [0.25, 0.3) is 6.08 Å². The minimum Gasteiger partial charge on any atom is -0.363 e. The molecule has 0 aliphatic carbocycles. The van der Waals surface area contributed by atoms with Crippen molar-refractivity contribution in [1.82, 2.24) is 0 Å². The molecule has 1 atom stereocenters. The maximum atomic E-state index is 5.71. The van der Waals surface area contributed by atoms with E-state index in [1.807, 2.05) is 17.8 Å². The average molecular weight is 234 g/mol. The average Bonchev–Trinajstić information content (AvgIpc) is 2.27. The Kier molecular flexibility index (Phi) is 3.72. The van der Waals surface area contributed by atoms with Crippen LogP contribution in [0.2, 0.25) is 0 Å². The van der Waals surface area contributed by atoms with E-state index in [1.54, 1.807) is 0 Å². The zero-order valence-corrected chi connectivity index (χ0v) is 10.7. The molecule has 2 rings (SSSR count). The summed E-state index contributed by atoms with van der Waals surface area (Å²) in [6.07, 6.45) is 5.42. The van der Waals surface area contributed by atoms with Gasteiger partial charge in [0.25, 0.3) is 0 Å². The summed E-state index contributed by atoms with van der Waals surface area (Å²) in [5, 5.41) is 0. The van der Waals surface area contributed by atoms with E-state index in [0.29, 0.717) is 4.75 Å². The van der Waals surface area contributed by atoms with Gasteiger partial charge in [-0.05, 0) is 18.1 Å². The van der Waals surface area contributed by atoms with Gasteiger partial charge in [0.15, 0.2) is 0 Å². The highest BCUT2D eigenvalue weighted by Crippen LogP contribution is 2.37. The van der Waals surface area contributed by atoms with Crippen LogP contribution in [-0.2, 0) is 4.74 Å². The molecular weight excluding hydrogens is 216 g/mol. The zero-order valence-electron chi connectivity index (χ0n) is 9.85. The van der Waals surface area contributed by atoms with E-state index in [-0.39, 0.29) is 5.44 Å². The third-order valence-electron chi connectivity index (χ3n) is 2.67. The molecule has 0 spiro atoms. The fourth-order valence-corrected chi connectivity index (χ4v) is 2.83. The molecule has 86 valence electrons. The largest absolute Gasteiger partial charge is 0.363 e. The molecule has 1 aliphatic rings. The number of thioether (sulfide) groups is 1. The molecule has 1 aromatic carbocycles. The Hall–Kier alpha value is -0.730. The summed E-state index contributed by atoms with van der Waals surface area (Å²) in [7, 11) is 0. The van der Waals surface area contributed by atoms with E-state index in [0.717, 1.165) is 13.0 Å². The molecule has 0 unspecified atom stereocenters. The van der Waals surface area contributed by atoms with Crippen LogP contribution in [0.4, 0.5) is 0 Å². The van der Waals surface area contributed by atoms with Gasteiger partial charge in [0.05, 0.1) is 0 Å². The Labute approximate surface area is 102 Å². The van der Waals surface area contributed by atoms with Gasteiger partial charge in [0.2, 0.25) is 0 Å². The second kappa shape index (κ2) is 5.07. The minimum atomic E-state index is 0.198. The minimum absolute atomic E-state index is 0.198. The van der Waals surface area contributed by atoms with E-state index in [4.69, 9.17) is 4.74 Å². The second-order valence-electron chi connectivity index (χ2n) is 4.64. The summed E-state index contributed by atoms with van der Waals surface area (Å²) in [4.78, 5) is 0. The fraction of sp³-hybridized carbons (Fsp3) is 0.429. The van der Waals surface area contributed by atoms with Gasteiger partial charge in [0, 0.05) is 11.4 Å². The van der Waals surface area contributed by atoms with Gasteiger partial charge in [0.1, 0.15) is 5.44 Å². The molecule has 0 N–H and O–H groups in total. The molecule has 16 heavy (non-hydrogen) atoms. The number of hydrogen-bond donors (Lipinski definition) is 0. The molecule has 0 amide bonds. The molecule has 0 aromatic heterocycles. The molecule has 0 saturated carbocycles. The first-order valence-electron chi connectivity index (χ1n) is 5.68. The lowest BCUT2D eigenvalue weighted by atomic mass is 10.1. The summed E-state index contributed by atoms with van der Waals surface area (Å²) < 4.78 is 6.05. The Morgan fingerprint density at radius 1 is 1.31 bits per heavy atom. The first kappa shape index (κ1) is 11.7. The highest BCUT2D eigenvalue weighted by molar-refractivity contribution is 8.01. The SMILES string of the molecule is CC1(C)CCO[C@@H](/C=C/c2ccccc2)S1. The first-order chi connectivity index (χ1) is 7.66. The van der Waals surface area contributed by atoms with E-state index in [9.17, 15) is 0 Å². The van der Waals surface area contributed by atoms with E-state index in [1.165, 1.54) is 5.56 Å². The van der Waals surface area contributed by atoms with E-state index in [2.05, 4.69) is 50.3 Å². The molecule has 1 saturated heterocycles. The summed E-state index contributed by atoms with van der Waals surface area (Å²) in [6.45, 7) is 5.43. The Morgan fingerprint density at radius 3 is 2.75 bits per heavy atom. The summed E-state index contributed by atoms with van der Waals surface area (Å²) in [5.74, 6) is 0. The number of rotatable bonds is 2. The summed E-state index contributed by atoms with van der Waals surface area (Å²) >= 11 is 1.90. The van der Waals surface area contributed by atoms with Crippen molar-refractivity contribution < 1.29 is 4.74 Å². The van der Waals surface area contributed by atoms with Crippen LogP contribution in [-0.4, -0.2) is 16.8 Å². The van der Waals surface area contributed by atoms with Crippen LogP contribution in [0.15, 0.2) is 36.4 Å². The van der Waals surface area contributed by atoms with Crippen molar-refractivity contribution in [2.75, 3.05) is 6.61 Å². The van der Waals surface area contributed by atoms with Crippen LogP contribution in [0, 0.1) is 0 Å². The molecule has 2 heteroatoms. The molecule has 0 bridgehead atoms. The van der Waals surface area contributed by atoms with E-state index >= 15 is 0 Å². The van der Waals surface area contributed by atoms with E-state index < -0.39 is 0 Å². The lowest BCUT2D eigenvalue weighted by molar-refractivity contribution is 0.119. The highest BCUT2D eigenvalue weighted by atomic mass is 32.2. The lowest BCUT2D eigenvalue weighted by Crippen LogP contribution is -2.28. The van der Waals surface area contributed by atoms with Crippen LogP contribution >= 0.6 is 11.8 Å². The van der Waals surface area contributed by atoms with Crippen molar-refractivity contribution in [1.29, 1.82) is 0 Å². The molecule has 1 nitrogen and oxygen atoms in total. The maximum absolute atomic E-state index is 5.71. The standard InChI is InChI=1S/C14H18OS/c1-14(2)10-11-15-13(16-14)9-8-12-6-4-3-5-7-12/h3-9,13H,10-11H2,1-2H3/b9-8+/t13-/m1/s1. The number of ether oxygens (including phenoxy) is 1. The predicted octanol–water partition coefficient (Wildman–Crippen LogP) is 3.96. The monoisotopic (exact) mass is 234 g/mol. The van der Waals surface area contributed by atoms with Gasteiger partial charge in [-0.1, -0.05) is 50.3 Å². The Bertz CT molecular complexity index is 356. The Balaban J connectivity index is 1.97.